The van der Waals surface area contributed by atoms with Gasteiger partial charge in [-0.15, -0.1) is 15.3 Å². The number of nitrogens with zero attached hydrogens (tertiary/aromatic N) is 4. The molecule has 1 N–H and O–H groups in total. The second-order valence-electron chi connectivity index (χ2n) is 6.96. The molecule has 2 heterocycles. The van der Waals surface area contributed by atoms with Crippen LogP contribution in [0, 0.1) is 5.82 Å². The van der Waals surface area contributed by atoms with Crippen molar-refractivity contribution in [2.45, 2.75) is 38.5 Å². The Kier molecular flexibility index (Phi) is 4.94. The number of hydrogen-bond acceptors (Lipinski definition) is 5. The van der Waals surface area contributed by atoms with Crippen molar-refractivity contribution in [1.82, 2.24) is 19.8 Å². The average Bonchev–Trinajstić information content (AvgIpc) is 2.98. The third-order valence-electron chi connectivity index (χ3n) is 3.86. The summed E-state index contributed by atoms with van der Waals surface area (Å²) >= 11 is 1.68. The maximum Gasteiger partial charge on any atom is 0.178 e. The highest BCUT2D eigenvalue weighted by atomic mass is 32.2. The van der Waals surface area contributed by atoms with Crippen molar-refractivity contribution < 1.29 is 4.39 Å². The number of fused-ring (bicyclic) bond motifs is 1. The topological polar surface area (TPSA) is 55.1 Å². The molecule has 0 amide bonds. The van der Waals surface area contributed by atoms with Crippen LogP contribution < -0.4 is 5.32 Å². The minimum atomic E-state index is -0.202. The van der Waals surface area contributed by atoms with Gasteiger partial charge in [0.2, 0.25) is 0 Å². The van der Waals surface area contributed by atoms with E-state index in [1.54, 1.807) is 22.3 Å². The van der Waals surface area contributed by atoms with E-state index >= 15 is 0 Å². The summed E-state index contributed by atoms with van der Waals surface area (Å²) in [5.74, 6) is 2.13. The molecule has 0 bridgehead atoms. The largest absolute Gasteiger partial charge is 0.365 e. The molecule has 0 radical (unpaired) electrons. The fourth-order valence-electron chi connectivity index (χ4n) is 2.59. The van der Waals surface area contributed by atoms with Crippen LogP contribution in [0.1, 0.15) is 37.7 Å². The lowest BCUT2D eigenvalue weighted by atomic mass is 9.96. The molecule has 5 nitrogen and oxygen atoms in total. The number of thioether (sulfide) groups is 1. The zero-order valence-corrected chi connectivity index (χ0v) is 15.7. The van der Waals surface area contributed by atoms with Crippen molar-refractivity contribution in [3.8, 4) is 0 Å². The third kappa shape index (κ3) is 3.92. The van der Waals surface area contributed by atoms with E-state index in [0.29, 0.717) is 6.54 Å². The summed E-state index contributed by atoms with van der Waals surface area (Å²) in [4.78, 5) is 0. The summed E-state index contributed by atoms with van der Waals surface area (Å²) in [5, 5.41) is 16.4. The number of rotatable bonds is 5. The maximum atomic E-state index is 13.5. The van der Waals surface area contributed by atoms with Gasteiger partial charge in [0.05, 0.1) is 0 Å². The summed E-state index contributed by atoms with van der Waals surface area (Å²) < 4.78 is 15.2. The Morgan fingerprint density at radius 2 is 1.92 bits per heavy atom. The number of benzene rings is 1. The lowest BCUT2D eigenvalue weighted by molar-refractivity contribution is 0.527. The van der Waals surface area contributed by atoms with Gasteiger partial charge in [0.15, 0.2) is 11.5 Å². The van der Waals surface area contributed by atoms with E-state index in [2.05, 4.69) is 41.4 Å². The van der Waals surface area contributed by atoms with Gasteiger partial charge < -0.3 is 5.32 Å². The highest BCUT2D eigenvalue weighted by Gasteiger charge is 2.21. The molecule has 3 rings (SSSR count). The first-order valence-corrected chi connectivity index (χ1v) is 9.51. The molecular weight excluding hydrogens is 337 g/mol. The van der Waals surface area contributed by atoms with Crippen molar-refractivity contribution in [3.63, 3.8) is 0 Å². The molecule has 0 saturated heterocycles. The summed E-state index contributed by atoms with van der Waals surface area (Å²) in [6.07, 6.45) is 2.01. The van der Waals surface area contributed by atoms with Gasteiger partial charge in [-0.25, -0.2) is 4.39 Å². The van der Waals surface area contributed by atoms with Crippen LogP contribution in [0.25, 0.3) is 5.65 Å². The van der Waals surface area contributed by atoms with Gasteiger partial charge in [-0.3, -0.25) is 0 Å². The normalized spacial score (nSPS) is 11.9. The van der Waals surface area contributed by atoms with E-state index in [4.69, 9.17) is 0 Å². The Morgan fingerprint density at radius 1 is 1.12 bits per heavy atom. The van der Waals surface area contributed by atoms with Crippen molar-refractivity contribution in [2.24, 2.45) is 0 Å². The molecule has 0 aliphatic heterocycles. The van der Waals surface area contributed by atoms with E-state index in [-0.39, 0.29) is 11.2 Å². The minimum Gasteiger partial charge on any atom is -0.365 e. The number of anilines is 1. The molecule has 132 valence electrons. The van der Waals surface area contributed by atoms with Crippen LogP contribution in [0.5, 0.6) is 0 Å². The molecule has 7 heteroatoms. The molecule has 0 saturated carbocycles. The van der Waals surface area contributed by atoms with Gasteiger partial charge in [-0.1, -0.05) is 26.8 Å². The van der Waals surface area contributed by atoms with E-state index in [0.717, 1.165) is 34.2 Å². The predicted octanol–water partition coefficient (Wildman–Crippen LogP) is 4.04. The van der Waals surface area contributed by atoms with Gasteiger partial charge in [0.1, 0.15) is 11.6 Å². The molecule has 0 atom stereocenters. The van der Waals surface area contributed by atoms with Crippen LogP contribution in [0.4, 0.5) is 10.2 Å². The van der Waals surface area contributed by atoms with Crippen LogP contribution in [0.2, 0.25) is 0 Å². The second-order valence-corrected chi connectivity index (χ2v) is 7.83. The Balaban J connectivity index is 1.84. The highest BCUT2D eigenvalue weighted by Crippen LogP contribution is 2.21. The molecular formula is C18H22FN5S. The van der Waals surface area contributed by atoms with Crippen molar-refractivity contribution in [1.29, 1.82) is 0 Å². The van der Waals surface area contributed by atoms with Gasteiger partial charge in [-0.2, -0.15) is 16.3 Å². The smallest absolute Gasteiger partial charge is 0.178 e. The molecule has 1 aromatic carbocycles. The van der Waals surface area contributed by atoms with E-state index < -0.39 is 0 Å². The predicted molar refractivity (Wildman–Crippen MR) is 100 cm³/mol. The number of aromatic nitrogens is 4. The molecule has 0 aliphatic rings. The van der Waals surface area contributed by atoms with E-state index in [9.17, 15) is 4.39 Å². The number of hydrogen-bond donors (Lipinski definition) is 1. The van der Waals surface area contributed by atoms with Gasteiger partial charge in [0.25, 0.3) is 0 Å². The molecule has 2 aromatic heterocycles. The summed E-state index contributed by atoms with van der Waals surface area (Å²) in [6.45, 7) is 6.83. The van der Waals surface area contributed by atoms with Crippen molar-refractivity contribution >= 4 is 23.2 Å². The van der Waals surface area contributed by atoms with Gasteiger partial charge >= 0.3 is 0 Å². The SMILES string of the molecule is CSCc1cc(F)ccc1CNc1ccc2nnc(C(C)(C)C)n2n1. The van der Waals surface area contributed by atoms with E-state index in [1.807, 2.05) is 24.5 Å². The van der Waals surface area contributed by atoms with Crippen LogP contribution in [-0.4, -0.2) is 26.1 Å². The molecule has 0 fully saturated rings. The van der Waals surface area contributed by atoms with Crippen LogP contribution in [0.15, 0.2) is 30.3 Å². The number of nitrogens with one attached hydrogen (secondary N) is 1. The van der Waals surface area contributed by atoms with Crippen molar-refractivity contribution in [2.75, 3.05) is 11.6 Å². The molecule has 0 unspecified atom stereocenters. The molecule has 0 aliphatic carbocycles. The fraction of sp³-hybridized carbons (Fsp3) is 0.389. The lowest BCUT2D eigenvalue weighted by Gasteiger charge is -2.15. The molecule has 0 spiro atoms. The summed E-state index contributed by atoms with van der Waals surface area (Å²) in [7, 11) is 0. The third-order valence-corrected chi connectivity index (χ3v) is 4.46. The monoisotopic (exact) mass is 359 g/mol. The quantitative estimate of drug-likeness (QED) is 0.745. The zero-order chi connectivity index (χ0) is 18.0. The van der Waals surface area contributed by atoms with Crippen LogP contribution >= 0.6 is 11.8 Å². The Bertz CT molecular complexity index is 885. The van der Waals surface area contributed by atoms with Gasteiger partial charge in [0, 0.05) is 17.7 Å². The fourth-order valence-corrected chi connectivity index (χ4v) is 3.17. The second kappa shape index (κ2) is 7.00. The highest BCUT2D eigenvalue weighted by molar-refractivity contribution is 7.97. The number of halogens is 1. The van der Waals surface area contributed by atoms with E-state index in [1.165, 1.54) is 6.07 Å². The average molecular weight is 359 g/mol. The maximum absolute atomic E-state index is 13.5. The van der Waals surface area contributed by atoms with Crippen molar-refractivity contribution in [3.05, 3.63) is 53.1 Å². The van der Waals surface area contributed by atoms with Crippen LogP contribution in [-0.2, 0) is 17.7 Å². The first kappa shape index (κ1) is 17.7. The zero-order valence-electron chi connectivity index (χ0n) is 14.9. The minimum absolute atomic E-state index is 0.145. The van der Waals surface area contributed by atoms with Gasteiger partial charge in [-0.05, 0) is 41.6 Å². The Hall–Kier alpha value is -2.15. The standard InChI is InChI=1S/C18H22FN5S/c1-18(2,3)17-22-21-16-8-7-15(23-24(16)17)20-10-12-5-6-14(19)9-13(12)11-25-4/h5-9H,10-11H2,1-4H3,(H,20,23). The van der Waals surface area contributed by atoms with Crippen LogP contribution in [0.3, 0.4) is 0 Å². The molecule has 25 heavy (non-hydrogen) atoms. The summed E-state index contributed by atoms with van der Waals surface area (Å²) in [5.41, 5.74) is 2.64. The first-order chi connectivity index (χ1) is 11.9. The molecule has 3 aromatic rings. The first-order valence-electron chi connectivity index (χ1n) is 8.11. The Labute approximate surface area is 151 Å². The lowest BCUT2D eigenvalue weighted by Crippen LogP contribution is -2.17. The summed E-state index contributed by atoms with van der Waals surface area (Å²) in [6, 6.07) is 8.70. The Morgan fingerprint density at radius 3 is 2.64 bits per heavy atom.